The molecule has 1 heteroatoms. The molecule has 0 aliphatic rings. The van der Waals surface area contributed by atoms with E-state index in [0.29, 0.717) is 0 Å². The molecule has 3 rings (SSSR count). The lowest BCUT2D eigenvalue weighted by Crippen LogP contribution is -2.01. The quantitative estimate of drug-likeness (QED) is 0.672. The lowest BCUT2D eigenvalue weighted by atomic mass is 9.93. The van der Waals surface area contributed by atoms with Gasteiger partial charge in [0.25, 0.3) is 0 Å². The molecule has 1 N–H and O–H groups in total. The van der Waals surface area contributed by atoms with Crippen LogP contribution in [-0.4, -0.2) is 5.11 Å². The largest absolute Gasteiger partial charge is 0.384 e. The van der Waals surface area contributed by atoms with E-state index >= 15 is 0 Å². The molecule has 3 aromatic rings. The first-order valence-corrected chi connectivity index (χ1v) is 7.39. The molecule has 0 aromatic heterocycles. The van der Waals surface area contributed by atoms with Crippen molar-refractivity contribution in [2.45, 2.75) is 6.10 Å². The Hall–Kier alpha value is -2.64. The summed E-state index contributed by atoms with van der Waals surface area (Å²) in [6, 6.07) is 29.9. The average Bonchev–Trinajstić information content (AvgIpc) is 2.61. The minimum Gasteiger partial charge on any atom is -0.384 e. The van der Waals surface area contributed by atoms with E-state index in [1.165, 1.54) is 0 Å². The van der Waals surface area contributed by atoms with E-state index in [0.717, 1.165) is 22.3 Å². The molecule has 0 unspecified atom stereocenters. The van der Waals surface area contributed by atoms with Crippen LogP contribution in [0.5, 0.6) is 0 Å². The Morgan fingerprint density at radius 1 is 0.682 bits per heavy atom. The van der Waals surface area contributed by atoms with Crippen molar-refractivity contribution < 1.29 is 5.11 Å². The minimum absolute atomic E-state index is 0.649. The summed E-state index contributed by atoms with van der Waals surface area (Å²) in [5, 5.41) is 10.8. The van der Waals surface area contributed by atoms with Crippen LogP contribution >= 0.6 is 0 Å². The molecule has 0 amide bonds. The van der Waals surface area contributed by atoms with Crippen LogP contribution in [0.1, 0.15) is 22.8 Å². The Kier molecular flexibility index (Phi) is 4.47. The Morgan fingerprint density at radius 2 is 1.18 bits per heavy atom. The van der Waals surface area contributed by atoms with Crippen LogP contribution in [0.25, 0.3) is 11.6 Å². The van der Waals surface area contributed by atoms with E-state index in [2.05, 4.69) is 0 Å². The van der Waals surface area contributed by atoms with Gasteiger partial charge in [0.05, 0.1) is 0 Å². The predicted molar refractivity (Wildman–Crippen MR) is 92.2 cm³/mol. The molecule has 1 atom stereocenters. The molecule has 0 saturated carbocycles. The molecule has 0 bridgehead atoms. The molecule has 22 heavy (non-hydrogen) atoms. The number of aliphatic hydroxyl groups is 1. The molecule has 0 spiro atoms. The molecular formula is C21H18O. The fourth-order valence-corrected chi connectivity index (χ4v) is 2.49. The van der Waals surface area contributed by atoms with Crippen molar-refractivity contribution >= 4 is 11.6 Å². The van der Waals surface area contributed by atoms with Crippen molar-refractivity contribution in [3.05, 3.63) is 108 Å². The Bertz CT molecular complexity index is 731. The van der Waals surface area contributed by atoms with Crippen molar-refractivity contribution in [1.82, 2.24) is 0 Å². The van der Waals surface area contributed by atoms with Crippen LogP contribution in [0.15, 0.2) is 91.0 Å². The second kappa shape index (κ2) is 6.88. The molecule has 1 nitrogen and oxygen atoms in total. The smallest absolute Gasteiger partial charge is 0.105 e. The summed E-state index contributed by atoms with van der Waals surface area (Å²) in [4.78, 5) is 0. The lowest BCUT2D eigenvalue weighted by molar-refractivity contribution is 0.239. The fourth-order valence-electron chi connectivity index (χ4n) is 2.49. The summed E-state index contributed by atoms with van der Waals surface area (Å²) >= 11 is 0. The number of aliphatic hydroxyl groups excluding tert-OH is 1. The highest BCUT2D eigenvalue weighted by atomic mass is 16.3. The van der Waals surface area contributed by atoms with Gasteiger partial charge in [-0.25, -0.2) is 0 Å². The van der Waals surface area contributed by atoms with Crippen molar-refractivity contribution in [1.29, 1.82) is 0 Å². The number of benzene rings is 3. The van der Waals surface area contributed by atoms with Crippen molar-refractivity contribution in [2.75, 3.05) is 0 Å². The van der Waals surface area contributed by atoms with Crippen molar-refractivity contribution in [2.24, 2.45) is 0 Å². The summed E-state index contributed by atoms with van der Waals surface area (Å²) in [5.41, 5.74) is 3.91. The second-order valence-corrected chi connectivity index (χ2v) is 5.19. The minimum atomic E-state index is -0.649. The van der Waals surface area contributed by atoms with E-state index < -0.39 is 6.10 Å². The first-order chi connectivity index (χ1) is 10.8. The first-order valence-electron chi connectivity index (χ1n) is 7.39. The lowest BCUT2D eigenvalue weighted by Gasteiger charge is -2.16. The maximum Gasteiger partial charge on any atom is 0.105 e. The van der Waals surface area contributed by atoms with Crippen LogP contribution < -0.4 is 0 Å². The highest BCUT2D eigenvalue weighted by Gasteiger charge is 2.15. The number of hydrogen-bond donors (Lipinski definition) is 1. The fraction of sp³-hybridized carbons (Fsp3) is 0.0476. The molecular weight excluding hydrogens is 268 g/mol. The molecule has 0 aliphatic heterocycles. The first kappa shape index (κ1) is 14.3. The molecule has 0 saturated heterocycles. The monoisotopic (exact) mass is 286 g/mol. The zero-order chi connectivity index (χ0) is 15.2. The van der Waals surface area contributed by atoms with Crippen LogP contribution in [0.4, 0.5) is 0 Å². The predicted octanol–water partition coefficient (Wildman–Crippen LogP) is 4.96. The van der Waals surface area contributed by atoms with Crippen LogP contribution in [0.3, 0.4) is 0 Å². The third-order valence-corrected chi connectivity index (χ3v) is 3.64. The standard InChI is InChI=1S/C21H18O/c22-21(19-14-8-3-9-15-19)20(18-12-6-2-7-13-18)16-17-10-4-1-5-11-17/h1-16,21-22H/b20-16-/t21-/m0/s1. The maximum absolute atomic E-state index is 10.8. The van der Waals surface area contributed by atoms with Gasteiger partial charge in [-0.05, 0) is 28.3 Å². The molecule has 3 aromatic carbocycles. The molecule has 0 fully saturated rings. The van der Waals surface area contributed by atoms with Crippen LogP contribution in [-0.2, 0) is 0 Å². The third-order valence-electron chi connectivity index (χ3n) is 3.64. The number of hydrogen-bond acceptors (Lipinski definition) is 1. The van der Waals surface area contributed by atoms with Crippen molar-refractivity contribution in [3.63, 3.8) is 0 Å². The summed E-state index contributed by atoms with van der Waals surface area (Å²) in [6.07, 6.45) is 1.40. The average molecular weight is 286 g/mol. The maximum atomic E-state index is 10.8. The highest BCUT2D eigenvalue weighted by molar-refractivity contribution is 5.84. The zero-order valence-corrected chi connectivity index (χ0v) is 12.3. The molecule has 0 radical (unpaired) electrons. The van der Waals surface area contributed by atoms with Crippen LogP contribution in [0, 0.1) is 0 Å². The molecule has 0 aliphatic carbocycles. The van der Waals surface area contributed by atoms with Gasteiger partial charge in [-0.15, -0.1) is 0 Å². The third kappa shape index (κ3) is 3.33. The van der Waals surface area contributed by atoms with Gasteiger partial charge in [0.1, 0.15) is 6.10 Å². The molecule has 0 heterocycles. The molecule has 108 valence electrons. The van der Waals surface area contributed by atoms with Gasteiger partial charge in [0, 0.05) is 0 Å². The summed E-state index contributed by atoms with van der Waals surface area (Å²) < 4.78 is 0. The summed E-state index contributed by atoms with van der Waals surface area (Å²) in [7, 11) is 0. The normalized spacial score (nSPS) is 12.9. The Morgan fingerprint density at radius 3 is 1.77 bits per heavy atom. The Balaban J connectivity index is 2.06. The number of rotatable bonds is 4. The van der Waals surface area contributed by atoms with E-state index in [-0.39, 0.29) is 0 Å². The van der Waals surface area contributed by atoms with Gasteiger partial charge >= 0.3 is 0 Å². The van der Waals surface area contributed by atoms with Gasteiger partial charge in [-0.3, -0.25) is 0 Å². The van der Waals surface area contributed by atoms with Crippen molar-refractivity contribution in [3.8, 4) is 0 Å². The Labute approximate surface area is 131 Å². The van der Waals surface area contributed by atoms with Gasteiger partial charge in [-0.1, -0.05) is 91.0 Å². The van der Waals surface area contributed by atoms with Gasteiger partial charge < -0.3 is 5.11 Å². The summed E-state index contributed by atoms with van der Waals surface area (Å²) in [6.45, 7) is 0. The van der Waals surface area contributed by atoms with E-state index in [4.69, 9.17) is 0 Å². The van der Waals surface area contributed by atoms with Gasteiger partial charge in [-0.2, -0.15) is 0 Å². The van der Waals surface area contributed by atoms with E-state index in [1.807, 2.05) is 97.1 Å². The van der Waals surface area contributed by atoms with E-state index in [1.54, 1.807) is 0 Å². The zero-order valence-electron chi connectivity index (χ0n) is 12.3. The highest BCUT2D eigenvalue weighted by Crippen LogP contribution is 2.31. The second-order valence-electron chi connectivity index (χ2n) is 5.19. The summed E-state index contributed by atoms with van der Waals surface area (Å²) in [5.74, 6) is 0. The topological polar surface area (TPSA) is 20.2 Å². The van der Waals surface area contributed by atoms with Gasteiger partial charge in [0.2, 0.25) is 0 Å². The SMILES string of the molecule is O[C@H](/C(=C\c1ccccc1)c1ccccc1)c1ccccc1. The van der Waals surface area contributed by atoms with E-state index in [9.17, 15) is 5.11 Å². The van der Waals surface area contributed by atoms with Crippen LogP contribution in [0.2, 0.25) is 0 Å². The van der Waals surface area contributed by atoms with Gasteiger partial charge in [0.15, 0.2) is 0 Å².